The van der Waals surface area contributed by atoms with Gasteiger partial charge in [-0.2, -0.15) is 0 Å². The second kappa shape index (κ2) is 53.0. The Morgan fingerprint density at radius 3 is 1.70 bits per heavy atom. The van der Waals surface area contributed by atoms with Crippen LogP contribution in [0.1, 0.15) is 232 Å². The number of likely N-dealkylation sites (tertiary alicyclic amines) is 8. The van der Waals surface area contributed by atoms with E-state index in [9.17, 15) is 4.79 Å². The number of aliphatic hydroxyl groups excluding tert-OH is 1. The fourth-order valence-corrected chi connectivity index (χ4v) is 19.9. The van der Waals surface area contributed by atoms with Crippen molar-refractivity contribution >= 4 is 27.7 Å². The number of aliphatic hydroxyl groups is 1. The highest BCUT2D eigenvalue weighted by Gasteiger charge is 2.38. The number of allylic oxidation sites excluding steroid dienone is 3. The fraction of sp³-hybridized carbons (Fsp3) is 0.633. The summed E-state index contributed by atoms with van der Waals surface area (Å²) >= 11 is 0. The van der Waals surface area contributed by atoms with E-state index in [1.807, 2.05) is 68.7 Å². The van der Waals surface area contributed by atoms with Gasteiger partial charge in [0.05, 0.1) is 30.0 Å². The molecule has 2 aliphatic carbocycles. The van der Waals surface area contributed by atoms with Crippen LogP contribution in [0.2, 0.25) is 0 Å². The number of carbonyl (C=O) groups excluding carboxylic acids is 1. The molecular formula is C109H175N13O4. The molecule has 0 spiro atoms. The molecule has 0 radical (unpaired) electrons. The third kappa shape index (κ3) is 31.5. The quantitative estimate of drug-likeness (QED) is 0.146. The highest BCUT2D eigenvalue weighted by atomic mass is 16.5. The number of piperidine rings is 2. The van der Waals surface area contributed by atoms with Gasteiger partial charge in [-0.15, -0.1) is 0 Å². The lowest BCUT2D eigenvalue weighted by Gasteiger charge is -2.39. The number of para-hydroxylation sites is 3. The number of benzene rings is 5. The fourth-order valence-electron chi connectivity index (χ4n) is 19.9. The van der Waals surface area contributed by atoms with Gasteiger partial charge < -0.3 is 59.2 Å². The number of amides is 1. The number of aromatic nitrogens is 2. The Hall–Kier alpha value is -6.68. The summed E-state index contributed by atoms with van der Waals surface area (Å²) in [6.45, 7) is 34.4. The zero-order valence-electron chi connectivity index (χ0n) is 80.7. The molecule has 700 valence electrons. The van der Waals surface area contributed by atoms with Gasteiger partial charge in [0.15, 0.2) is 0 Å². The van der Waals surface area contributed by atoms with Crippen LogP contribution in [0.3, 0.4) is 0 Å². The molecule has 2 aromatic heterocycles. The van der Waals surface area contributed by atoms with Crippen molar-refractivity contribution in [1.29, 1.82) is 0 Å². The Bertz CT molecular complexity index is 4200. The van der Waals surface area contributed by atoms with Crippen molar-refractivity contribution in [1.82, 2.24) is 64.3 Å². The van der Waals surface area contributed by atoms with Crippen molar-refractivity contribution in [3.63, 3.8) is 0 Å². The highest BCUT2D eigenvalue weighted by Crippen LogP contribution is 2.39. The SMILES string of the molecule is C.C.CC1C(c2ccccc2)CCN1C.CC1CC(O)CN1C.CC1CC(Oc2ccccc2)CN1C.CC1CC2C=CC=CC2CN1C.CC1CC2CCCCC2N1C.CC1CCC(=O)N1C.CC1CCCCN1C.CC1CCN1C.CC1Cc2c([nH]c3ccccc23)CN1C.CC1c2ccccc2CCN1C.c1ccc2nc(COC3CCNC3)ccc2c1. The number of rotatable bonds is 6. The zero-order valence-corrected chi connectivity index (χ0v) is 80.7. The number of hydrogen-bond donors (Lipinski definition) is 3. The monoisotopic (exact) mass is 1730 g/mol. The van der Waals surface area contributed by atoms with Crippen LogP contribution < -0.4 is 10.1 Å². The van der Waals surface area contributed by atoms with E-state index < -0.39 is 0 Å². The van der Waals surface area contributed by atoms with Gasteiger partial charge in [0.2, 0.25) is 5.91 Å². The van der Waals surface area contributed by atoms with Gasteiger partial charge in [-0.3, -0.25) is 24.5 Å². The number of nitrogens with one attached hydrogen (secondary N) is 2. The molecule has 7 aromatic rings. The number of pyridine rings is 1. The number of hydrogen-bond acceptors (Lipinski definition) is 15. The Kier molecular flexibility index (Phi) is 44.0. The lowest BCUT2D eigenvalue weighted by atomic mass is 9.80. The van der Waals surface area contributed by atoms with Gasteiger partial charge in [-0.05, 0) is 313 Å². The van der Waals surface area contributed by atoms with Crippen LogP contribution in [0.15, 0.2) is 170 Å². The van der Waals surface area contributed by atoms with Crippen LogP contribution in [0, 0.1) is 17.8 Å². The molecule has 0 bridgehead atoms. The summed E-state index contributed by atoms with van der Waals surface area (Å²) in [6.07, 6.45) is 32.7. The first-order valence-electron chi connectivity index (χ1n) is 48.3. The van der Waals surface area contributed by atoms with E-state index in [1.165, 1.54) is 154 Å². The van der Waals surface area contributed by atoms with Crippen LogP contribution in [0.4, 0.5) is 0 Å². The van der Waals surface area contributed by atoms with Gasteiger partial charge >= 0.3 is 0 Å². The van der Waals surface area contributed by atoms with Crippen LogP contribution in [0.5, 0.6) is 5.75 Å². The number of likely N-dealkylation sites (N-methyl/N-ethyl adjacent to an activating group) is 5. The number of ether oxygens (including phenoxy) is 2. The zero-order chi connectivity index (χ0) is 88.9. The molecule has 9 saturated heterocycles. The van der Waals surface area contributed by atoms with Crippen molar-refractivity contribution in [3.8, 4) is 5.75 Å². The normalized spacial score (nSPS) is 29.9. The van der Waals surface area contributed by atoms with Gasteiger partial charge in [-0.25, -0.2) is 0 Å². The van der Waals surface area contributed by atoms with Crippen molar-refractivity contribution < 1.29 is 19.4 Å². The smallest absolute Gasteiger partial charge is 0.222 e. The molecule has 1 saturated carbocycles. The molecular weight excluding hydrogens is 1560 g/mol. The number of β-amino-alcohol motifs (C(OH)–C–C–N with tert-alkyl or cyclic N) is 1. The lowest BCUT2D eigenvalue weighted by molar-refractivity contribution is -0.127. The van der Waals surface area contributed by atoms with Gasteiger partial charge in [0, 0.05) is 154 Å². The molecule has 3 N–H and O–H groups in total. The Balaban J connectivity index is 0.000000173. The Morgan fingerprint density at radius 2 is 1.11 bits per heavy atom. The molecule has 1 amide bonds. The highest BCUT2D eigenvalue weighted by molar-refractivity contribution is 5.85. The average Bonchev–Trinajstić information content (AvgIpc) is 1.63. The first kappa shape index (κ1) is 105. The molecule has 13 aliphatic rings. The summed E-state index contributed by atoms with van der Waals surface area (Å²) in [7, 11) is 21.6. The Morgan fingerprint density at radius 1 is 0.484 bits per heavy atom. The first-order valence-corrected chi connectivity index (χ1v) is 48.3. The largest absolute Gasteiger partial charge is 0.489 e. The van der Waals surface area contributed by atoms with Crippen LogP contribution >= 0.6 is 0 Å². The molecule has 10 fully saturated rings. The summed E-state index contributed by atoms with van der Waals surface area (Å²) in [5.41, 5.74) is 10.8. The van der Waals surface area contributed by atoms with E-state index in [1.54, 1.807) is 4.90 Å². The van der Waals surface area contributed by atoms with Crippen LogP contribution in [0.25, 0.3) is 21.8 Å². The van der Waals surface area contributed by atoms with Crippen molar-refractivity contribution in [3.05, 3.63) is 204 Å². The number of fused-ring (bicyclic) bond motifs is 7. The second-order valence-electron chi connectivity index (χ2n) is 39.2. The summed E-state index contributed by atoms with van der Waals surface area (Å²) in [4.78, 5) is 42.2. The van der Waals surface area contributed by atoms with Crippen molar-refractivity contribution in [2.45, 2.75) is 304 Å². The summed E-state index contributed by atoms with van der Waals surface area (Å²) in [5, 5.41) is 14.9. The molecule has 18 unspecified atom stereocenters. The molecule has 17 heteroatoms. The van der Waals surface area contributed by atoms with Crippen LogP contribution in [-0.2, 0) is 35.5 Å². The minimum atomic E-state index is -0.0741. The van der Waals surface area contributed by atoms with Gasteiger partial charge in [0.25, 0.3) is 0 Å². The van der Waals surface area contributed by atoms with Gasteiger partial charge in [0.1, 0.15) is 11.9 Å². The van der Waals surface area contributed by atoms with E-state index in [2.05, 4.69) is 300 Å². The topological polar surface area (TPSA) is 129 Å². The molecule has 17 nitrogen and oxygen atoms in total. The average molecular weight is 1730 g/mol. The van der Waals surface area contributed by atoms with E-state index in [0.717, 1.165) is 142 Å². The second-order valence-corrected chi connectivity index (χ2v) is 39.2. The number of H-pyrrole nitrogens is 1. The van der Waals surface area contributed by atoms with E-state index in [0.29, 0.717) is 55.1 Å². The van der Waals surface area contributed by atoms with E-state index >= 15 is 0 Å². The van der Waals surface area contributed by atoms with Crippen molar-refractivity contribution in [2.24, 2.45) is 17.8 Å². The maximum absolute atomic E-state index is 10.7. The molecule has 20 rings (SSSR count). The molecule has 13 heterocycles. The number of nitrogens with zero attached hydrogens (tertiary/aromatic N) is 11. The predicted octanol–water partition coefficient (Wildman–Crippen LogP) is 20.1. The molecule has 11 aliphatic heterocycles. The molecule has 18 atom stereocenters. The van der Waals surface area contributed by atoms with Gasteiger partial charge in [-0.1, -0.05) is 174 Å². The lowest BCUT2D eigenvalue weighted by Crippen LogP contribution is -2.42. The third-order valence-electron chi connectivity index (χ3n) is 30.2. The summed E-state index contributed by atoms with van der Waals surface area (Å²) < 4.78 is 11.7. The maximum atomic E-state index is 10.7. The van der Waals surface area contributed by atoms with Crippen LogP contribution in [-0.4, -0.2) is 278 Å². The number of carbonyl (C=O) groups is 1. The summed E-state index contributed by atoms with van der Waals surface area (Å²) in [6, 6.07) is 58.5. The third-order valence-corrected chi connectivity index (χ3v) is 30.2. The Labute approximate surface area is 766 Å². The number of aromatic amines is 1. The first-order chi connectivity index (χ1) is 59.6. The van der Waals surface area contributed by atoms with Crippen molar-refractivity contribution in [2.75, 3.05) is 129 Å². The summed E-state index contributed by atoms with van der Waals surface area (Å²) in [5.74, 6) is 4.64. The van der Waals surface area contributed by atoms with E-state index in [4.69, 9.17) is 14.6 Å². The molecule has 5 aromatic carbocycles. The van der Waals surface area contributed by atoms with E-state index in [-0.39, 0.29) is 26.9 Å². The standard InChI is InChI=1S/C14H16N2O.C13H16N2.C12H17NO.C12H17N.C11H17N.C11H15N.C10H19N.C7H15N.C6H13NO.C6H11NO.C5H11N.2CH4/c1-2-4-14-11(3-1)5-6-12(16-14)10-17-13-7-8-15-9-13;1-9-7-11-10-5-3-4-6-12(10)14-13(11)8-15(9)2;1-10-8-12(9-13(10)2)14-11-6-4-3-5-7-11;1-10-12(8-9-13(10)2)11-6-4-3-5-7-11;1-9-7-10-5-3-4-6-11(10)8-12(9)2;1-9-11-6-4-3-5-10(11)7-8-12(9)2;1-8-7-9-5-3-4-6-10(9)11(8)2;1-7-5-3-4-6-8(7)2;1-5-3-6(8)4-7(5)2;1-5-3-4-6(8)7(5)2;1-5-3-4-6(5)2;;/h1-6,13,15H,7-10H2;3-6,9,14H,7-8H2,1-2H3;3-7,10,12H,8-9H2,1-2H3;3-7,10,12H,8-9H2,1-2H3;3-6,9-11H,7-8H2,1-2H3;3-6,9H,7-8H2,1-2H3;8-10H,3-7H2,1-2H3;7H,3-6H2,1-2H3;5-6,8H,3-4H2,1-2H3;5H,3-4H2,1-2H3;5H,3-4H2,1-2H3;2*1H4. The predicted molar refractivity (Wildman–Crippen MR) is 535 cm³/mol. The minimum absolute atomic E-state index is 0. The minimum Gasteiger partial charge on any atom is -0.489 e. The molecule has 126 heavy (non-hydrogen) atoms. The maximum Gasteiger partial charge on any atom is 0.222 e.